The number of benzene rings is 2. The molecule has 0 heterocycles. The topological polar surface area (TPSA) is 0 Å². The lowest BCUT2D eigenvalue weighted by atomic mass is 9.73. The van der Waals surface area contributed by atoms with Gasteiger partial charge in [0.2, 0.25) is 0 Å². The zero-order chi connectivity index (χ0) is 22.9. The van der Waals surface area contributed by atoms with Gasteiger partial charge in [0.05, 0.1) is 5.56 Å². The summed E-state index contributed by atoms with van der Waals surface area (Å²) in [6.45, 7) is 6.59. The molecule has 0 aliphatic heterocycles. The van der Waals surface area contributed by atoms with Gasteiger partial charge in [0.25, 0.3) is 0 Å². The van der Waals surface area contributed by atoms with Gasteiger partial charge in [-0.15, -0.1) is 0 Å². The predicted octanol–water partition coefficient (Wildman–Crippen LogP) is 8.49. The van der Waals surface area contributed by atoms with E-state index in [4.69, 9.17) is 0 Å². The molecule has 3 rings (SSSR count). The fourth-order valence-corrected chi connectivity index (χ4v) is 5.09. The zero-order valence-electron chi connectivity index (χ0n) is 20.0. The molecule has 0 nitrogen and oxygen atoms in total. The molecule has 0 spiro atoms. The van der Waals surface area contributed by atoms with Crippen LogP contribution in [0.5, 0.6) is 0 Å². The van der Waals surface area contributed by atoms with Gasteiger partial charge in [-0.1, -0.05) is 83.3 Å². The van der Waals surface area contributed by atoms with Gasteiger partial charge < -0.3 is 0 Å². The number of hydrogen-bond acceptors (Lipinski definition) is 0. The Hall–Kier alpha value is -2.14. The summed E-state index contributed by atoms with van der Waals surface area (Å²) in [5.41, 5.74) is 2.60. The minimum absolute atomic E-state index is 0.131. The highest BCUT2D eigenvalue weighted by Gasteiger charge is 2.25. The molecule has 1 aliphatic rings. The third-order valence-electron chi connectivity index (χ3n) is 7.27. The Morgan fingerprint density at radius 1 is 0.875 bits per heavy atom. The number of aryl methyl sites for hydroxylation is 1. The van der Waals surface area contributed by atoms with E-state index in [0.717, 1.165) is 29.9 Å². The first-order valence-corrected chi connectivity index (χ1v) is 12.6. The van der Waals surface area contributed by atoms with E-state index in [1.165, 1.54) is 69.1 Å². The van der Waals surface area contributed by atoms with Crippen LogP contribution >= 0.6 is 0 Å². The van der Waals surface area contributed by atoms with Crippen LogP contribution < -0.4 is 0 Å². The summed E-state index contributed by atoms with van der Waals surface area (Å²) in [7, 11) is 0. The Morgan fingerprint density at radius 2 is 1.53 bits per heavy atom. The van der Waals surface area contributed by atoms with Crippen LogP contribution in [0.1, 0.15) is 94.4 Å². The largest absolute Gasteiger partial charge is 0.206 e. The quantitative estimate of drug-likeness (QED) is 0.287. The maximum absolute atomic E-state index is 14.7. The highest BCUT2D eigenvalue weighted by atomic mass is 19.1. The van der Waals surface area contributed by atoms with Crippen LogP contribution in [0.4, 0.5) is 8.78 Å². The maximum Gasteiger partial charge on any atom is 0.142 e. The third-order valence-corrected chi connectivity index (χ3v) is 7.27. The second-order valence-corrected chi connectivity index (χ2v) is 9.69. The lowest BCUT2D eigenvalue weighted by Crippen LogP contribution is -2.21. The second kappa shape index (κ2) is 12.2. The Bertz CT molecular complexity index is 885. The monoisotopic (exact) mass is 436 g/mol. The Morgan fingerprint density at radius 3 is 2.12 bits per heavy atom. The predicted molar refractivity (Wildman–Crippen MR) is 131 cm³/mol. The van der Waals surface area contributed by atoms with Crippen molar-refractivity contribution in [2.45, 2.75) is 85.0 Å². The molecular formula is C30H38F2. The van der Waals surface area contributed by atoms with Crippen molar-refractivity contribution in [3.8, 4) is 11.8 Å². The van der Waals surface area contributed by atoms with Gasteiger partial charge in [-0.25, -0.2) is 8.78 Å². The molecule has 1 atom stereocenters. The summed E-state index contributed by atoms with van der Waals surface area (Å²) in [4.78, 5) is 0. The van der Waals surface area contributed by atoms with E-state index in [2.05, 4.69) is 32.6 Å². The molecule has 1 saturated carbocycles. The van der Waals surface area contributed by atoms with Gasteiger partial charge >= 0.3 is 0 Å². The lowest BCUT2D eigenvalue weighted by molar-refractivity contribution is 0.204. The van der Waals surface area contributed by atoms with Crippen LogP contribution in [0.2, 0.25) is 0 Å². The molecule has 0 amide bonds. The van der Waals surface area contributed by atoms with Crippen LogP contribution in [0.25, 0.3) is 0 Å². The van der Waals surface area contributed by atoms with Crippen molar-refractivity contribution in [2.75, 3.05) is 0 Å². The van der Waals surface area contributed by atoms with Gasteiger partial charge in [-0.3, -0.25) is 0 Å². The molecule has 32 heavy (non-hydrogen) atoms. The van der Waals surface area contributed by atoms with E-state index < -0.39 is 11.6 Å². The minimum Gasteiger partial charge on any atom is -0.206 e. The summed E-state index contributed by atoms with van der Waals surface area (Å²) in [5.74, 6) is 6.49. The molecule has 0 aromatic heterocycles. The van der Waals surface area contributed by atoms with E-state index in [1.54, 1.807) is 0 Å². The summed E-state index contributed by atoms with van der Waals surface area (Å²) >= 11 is 0. The van der Waals surface area contributed by atoms with Crippen LogP contribution in [-0.4, -0.2) is 0 Å². The number of halogens is 2. The van der Waals surface area contributed by atoms with Crippen molar-refractivity contribution in [3.05, 3.63) is 70.3 Å². The van der Waals surface area contributed by atoms with Gasteiger partial charge in [-0.05, 0) is 78.8 Å². The first-order chi connectivity index (χ1) is 15.5. The second-order valence-electron chi connectivity index (χ2n) is 9.69. The fourth-order valence-electron chi connectivity index (χ4n) is 5.09. The van der Waals surface area contributed by atoms with Crippen LogP contribution in [0, 0.1) is 41.2 Å². The molecule has 1 fully saturated rings. The SMILES string of the molecule is CCCCCC1CCC(C(C)Cc2cc(F)c(C#Cc3ccc(CC)cc3)c(F)c2)CC1. The van der Waals surface area contributed by atoms with Gasteiger partial charge in [-0.2, -0.15) is 0 Å². The average molecular weight is 437 g/mol. The summed E-state index contributed by atoms with van der Waals surface area (Å²) in [6, 6.07) is 10.8. The molecule has 1 aliphatic carbocycles. The molecule has 2 aromatic carbocycles. The van der Waals surface area contributed by atoms with E-state index in [-0.39, 0.29) is 5.56 Å². The Labute approximate surface area is 193 Å². The molecule has 2 heteroatoms. The van der Waals surface area contributed by atoms with E-state index in [9.17, 15) is 8.78 Å². The Balaban J connectivity index is 1.58. The molecule has 1 unspecified atom stereocenters. The first-order valence-electron chi connectivity index (χ1n) is 12.6. The average Bonchev–Trinajstić information content (AvgIpc) is 2.79. The van der Waals surface area contributed by atoms with E-state index in [1.807, 2.05) is 24.3 Å². The molecule has 0 bridgehead atoms. The van der Waals surface area contributed by atoms with Crippen LogP contribution in [-0.2, 0) is 12.8 Å². The van der Waals surface area contributed by atoms with Gasteiger partial charge in [0.15, 0.2) is 0 Å². The van der Waals surface area contributed by atoms with E-state index >= 15 is 0 Å². The number of rotatable bonds is 8. The van der Waals surface area contributed by atoms with Gasteiger partial charge in [0, 0.05) is 5.56 Å². The first kappa shape index (κ1) is 24.5. The summed E-state index contributed by atoms with van der Waals surface area (Å²) in [6.07, 6.45) is 12.2. The molecular weight excluding hydrogens is 398 g/mol. The van der Waals surface area contributed by atoms with Crippen LogP contribution in [0.15, 0.2) is 36.4 Å². The number of hydrogen-bond donors (Lipinski definition) is 0. The maximum atomic E-state index is 14.7. The van der Waals surface area contributed by atoms with Crippen molar-refractivity contribution in [1.82, 2.24) is 0 Å². The standard InChI is InChI=1S/C30H38F2/c1-4-6-7-8-24-13-16-27(17-14-24)22(3)19-26-20-29(31)28(30(32)21-26)18-15-25-11-9-23(5-2)10-12-25/h9-12,20-22,24,27H,4-8,13-14,16-17,19H2,1-3H3. The normalized spacial score (nSPS) is 19.3. The van der Waals surface area contributed by atoms with Crippen molar-refractivity contribution in [1.29, 1.82) is 0 Å². The zero-order valence-corrected chi connectivity index (χ0v) is 20.0. The van der Waals surface area contributed by atoms with Crippen molar-refractivity contribution < 1.29 is 8.78 Å². The highest BCUT2D eigenvalue weighted by molar-refractivity contribution is 5.45. The fraction of sp³-hybridized carbons (Fsp3) is 0.533. The lowest BCUT2D eigenvalue weighted by Gasteiger charge is -2.32. The number of unbranched alkanes of at least 4 members (excludes halogenated alkanes) is 2. The molecule has 0 saturated heterocycles. The smallest absolute Gasteiger partial charge is 0.142 e. The van der Waals surface area contributed by atoms with Crippen molar-refractivity contribution in [3.63, 3.8) is 0 Å². The highest BCUT2D eigenvalue weighted by Crippen LogP contribution is 2.37. The molecule has 172 valence electrons. The van der Waals surface area contributed by atoms with Crippen molar-refractivity contribution >= 4 is 0 Å². The van der Waals surface area contributed by atoms with E-state index in [0.29, 0.717) is 11.8 Å². The van der Waals surface area contributed by atoms with Gasteiger partial charge in [0.1, 0.15) is 11.6 Å². The third kappa shape index (κ3) is 6.93. The minimum atomic E-state index is -0.551. The summed E-state index contributed by atoms with van der Waals surface area (Å²) < 4.78 is 29.4. The molecule has 2 aromatic rings. The van der Waals surface area contributed by atoms with Crippen molar-refractivity contribution in [2.24, 2.45) is 17.8 Å². The summed E-state index contributed by atoms with van der Waals surface area (Å²) in [5, 5.41) is 0. The van der Waals surface area contributed by atoms with Crippen LogP contribution in [0.3, 0.4) is 0 Å². The molecule has 0 radical (unpaired) electrons. The molecule has 0 N–H and O–H groups in total. The Kier molecular flexibility index (Phi) is 9.34.